The van der Waals surface area contributed by atoms with Gasteiger partial charge >= 0.3 is 0 Å². The zero-order valence-electron chi connectivity index (χ0n) is 16.7. The highest BCUT2D eigenvalue weighted by atomic mass is 32.1. The van der Waals surface area contributed by atoms with Crippen LogP contribution >= 0.6 is 11.3 Å². The average Bonchev–Trinajstić information content (AvgIpc) is 3.04. The molecule has 2 rings (SSSR count). The molecule has 1 aromatic carbocycles. The van der Waals surface area contributed by atoms with Gasteiger partial charge in [0.2, 0.25) is 0 Å². The summed E-state index contributed by atoms with van der Waals surface area (Å²) in [4.78, 5) is 0.715. The van der Waals surface area contributed by atoms with Crippen LogP contribution in [0.15, 0.2) is 90.5 Å². The topological polar surface area (TPSA) is 0 Å². The number of hydrogen-bond acceptors (Lipinski definition) is 1. The highest BCUT2D eigenvalue weighted by Crippen LogP contribution is 2.28. The van der Waals surface area contributed by atoms with Crippen LogP contribution in [0, 0.1) is 5.82 Å². The van der Waals surface area contributed by atoms with E-state index in [2.05, 4.69) is 13.2 Å². The molecule has 2 aromatic rings. The normalized spacial score (nSPS) is 13.5. The van der Waals surface area contributed by atoms with Crippen molar-refractivity contribution in [2.45, 2.75) is 13.8 Å². The van der Waals surface area contributed by atoms with Crippen LogP contribution in [-0.4, -0.2) is 23.5 Å². The second-order valence-electron chi connectivity index (χ2n) is 6.52. The van der Waals surface area contributed by atoms with Crippen LogP contribution in [0.25, 0.3) is 16.0 Å². The van der Waals surface area contributed by atoms with Crippen molar-refractivity contribution >= 4 is 50.7 Å². The van der Waals surface area contributed by atoms with E-state index in [1.54, 1.807) is 30.4 Å². The summed E-state index contributed by atoms with van der Waals surface area (Å²) in [6.07, 6.45) is 10.9. The van der Waals surface area contributed by atoms with Gasteiger partial charge in [0.05, 0.1) is 0 Å². The average molecular weight is 392 g/mol. The van der Waals surface area contributed by atoms with Gasteiger partial charge in [-0.15, -0.1) is 0 Å². The fraction of sp³-hybridized carbons (Fsp3) is 0.0833. The van der Waals surface area contributed by atoms with Crippen LogP contribution < -0.4 is 10.2 Å². The van der Waals surface area contributed by atoms with Crippen LogP contribution in [0.5, 0.6) is 0 Å². The number of hydrogen-bond donors (Lipinski definition) is 0. The van der Waals surface area contributed by atoms with Crippen molar-refractivity contribution < 1.29 is 4.39 Å². The van der Waals surface area contributed by atoms with E-state index in [9.17, 15) is 4.39 Å². The highest BCUT2D eigenvalue weighted by Gasteiger charge is 2.10. The fourth-order valence-electron chi connectivity index (χ4n) is 2.57. The molecule has 0 aliphatic carbocycles. The first-order valence-electron chi connectivity index (χ1n) is 8.99. The minimum Gasteiger partial charge on any atom is -0.206 e. The minimum atomic E-state index is -0.314. The van der Waals surface area contributed by atoms with Gasteiger partial charge in [0.1, 0.15) is 29.4 Å². The Kier molecular flexibility index (Phi) is 8.10. The lowest BCUT2D eigenvalue weighted by Crippen LogP contribution is -2.18. The summed E-state index contributed by atoms with van der Waals surface area (Å²) in [5.74, 6) is -0.314. The van der Waals surface area contributed by atoms with E-state index in [0.29, 0.717) is 26.2 Å². The van der Waals surface area contributed by atoms with Gasteiger partial charge in [0.25, 0.3) is 0 Å². The molecule has 0 bridgehead atoms. The molecule has 0 aliphatic heterocycles. The third-order valence-corrected chi connectivity index (χ3v) is 5.44. The van der Waals surface area contributed by atoms with Gasteiger partial charge in [0, 0.05) is 10.4 Å². The molecule has 0 unspecified atom stereocenters. The maximum atomic E-state index is 14.7. The predicted molar refractivity (Wildman–Crippen MR) is 130 cm³/mol. The number of rotatable bonds is 7. The summed E-state index contributed by atoms with van der Waals surface area (Å²) in [6, 6.07) is 6.85. The Labute approximate surface area is 181 Å². The quantitative estimate of drug-likeness (QED) is 0.468. The molecule has 0 aliphatic rings. The summed E-state index contributed by atoms with van der Waals surface area (Å²) in [5, 5.41) is 0. The summed E-state index contributed by atoms with van der Waals surface area (Å²) < 4.78 is 15.2. The molecule has 0 fully saturated rings. The summed E-state index contributed by atoms with van der Waals surface area (Å²) in [5.41, 5.74) is 5.21. The minimum absolute atomic E-state index is 0.314. The van der Waals surface area contributed by atoms with Gasteiger partial charge < -0.3 is 0 Å². The highest BCUT2D eigenvalue weighted by molar-refractivity contribution is 7.24. The molecule has 29 heavy (non-hydrogen) atoms. The molecule has 0 spiro atoms. The molecule has 0 saturated heterocycles. The number of benzene rings is 1. The molecule has 138 valence electrons. The van der Waals surface area contributed by atoms with Crippen LogP contribution in [-0.2, 0) is 0 Å². The molecule has 0 atom stereocenters. The first kappa shape index (κ1) is 22.8. The van der Waals surface area contributed by atoms with Gasteiger partial charge in [-0.3, -0.25) is 0 Å². The lowest BCUT2D eigenvalue weighted by Gasteiger charge is -2.06. The van der Waals surface area contributed by atoms with Gasteiger partial charge in [-0.1, -0.05) is 83.5 Å². The maximum Gasteiger partial charge on any atom is 0.132 e. The van der Waals surface area contributed by atoms with Crippen molar-refractivity contribution in [3.63, 3.8) is 0 Å². The smallest absolute Gasteiger partial charge is 0.132 e. The first-order valence-corrected chi connectivity index (χ1v) is 9.81. The van der Waals surface area contributed by atoms with Crippen LogP contribution in [0.4, 0.5) is 4.39 Å². The Morgan fingerprint density at radius 1 is 1.00 bits per heavy atom. The molecule has 0 N–H and O–H groups in total. The molecule has 1 heterocycles. The van der Waals surface area contributed by atoms with Gasteiger partial charge in [-0.25, -0.2) is 4.39 Å². The van der Waals surface area contributed by atoms with E-state index in [0.717, 1.165) is 22.3 Å². The standard InChI is InChI=1S/C24H20B3FS/c1-5-17(15(3)8-11-19(25)6-2)9-7-16(4)18-10-12-20(22(28)13-18)23-14-21(26)24(27)29-23/h5-14H,1-2H2,3-4H3/b15-8+,16-7+,17-9+,19-11+. The maximum absolute atomic E-state index is 14.7. The monoisotopic (exact) mass is 392 g/mol. The zero-order chi connectivity index (χ0) is 21.6. The lowest BCUT2D eigenvalue weighted by molar-refractivity contribution is 0.631. The fourth-order valence-corrected chi connectivity index (χ4v) is 3.44. The Hall–Kier alpha value is -2.52. The first-order chi connectivity index (χ1) is 13.8. The van der Waals surface area contributed by atoms with E-state index in [1.807, 2.05) is 38.1 Å². The molecular formula is C24H20B3FS. The van der Waals surface area contributed by atoms with Crippen molar-refractivity contribution in [2.75, 3.05) is 0 Å². The van der Waals surface area contributed by atoms with E-state index >= 15 is 0 Å². The molecule has 6 radical (unpaired) electrons. The Morgan fingerprint density at radius 3 is 2.28 bits per heavy atom. The predicted octanol–water partition coefficient (Wildman–Crippen LogP) is 4.84. The van der Waals surface area contributed by atoms with Crippen molar-refractivity contribution in [3.8, 4) is 10.4 Å². The summed E-state index contributed by atoms with van der Waals surface area (Å²) in [7, 11) is 17.3. The SMILES string of the molecule is [B]/C(C=C)=C/C=C(C)/C(C=C)=C/C=C(\C)c1ccc(-c2cc([B])c([B])s2)c(F)c1. The van der Waals surface area contributed by atoms with Gasteiger partial charge in [-0.2, -0.15) is 11.3 Å². The van der Waals surface area contributed by atoms with E-state index in [-0.39, 0.29) is 5.82 Å². The Balaban J connectivity index is 2.30. The molecule has 0 nitrogen and oxygen atoms in total. The van der Waals surface area contributed by atoms with Gasteiger partial charge in [-0.05, 0) is 42.2 Å². The Bertz CT molecular complexity index is 1030. The molecule has 0 amide bonds. The number of halogens is 1. The molecule has 1 aromatic heterocycles. The van der Waals surface area contributed by atoms with Crippen molar-refractivity contribution in [3.05, 3.63) is 102 Å². The van der Waals surface area contributed by atoms with Crippen molar-refractivity contribution in [2.24, 2.45) is 0 Å². The van der Waals surface area contributed by atoms with Crippen LogP contribution in [0.2, 0.25) is 0 Å². The second-order valence-corrected chi connectivity index (χ2v) is 7.60. The molecule has 5 heteroatoms. The number of allylic oxidation sites excluding steroid dienone is 10. The third-order valence-electron chi connectivity index (χ3n) is 4.43. The van der Waals surface area contributed by atoms with E-state index in [1.165, 1.54) is 17.4 Å². The van der Waals surface area contributed by atoms with Crippen molar-refractivity contribution in [1.29, 1.82) is 0 Å². The third kappa shape index (κ3) is 5.98. The summed E-state index contributed by atoms with van der Waals surface area (Å²) >= 11 is 1.28. The van der Waals surface area contributed by atoms with Crippen LogP contribution in [0.3, 0.4) is 0 Å². The van der Waals surface area contributed by atoms with Gasteiger partial charge in [0.15, 0.2) is 0 Å². The molecule has 0 saturated carbocycles. The second kappa shape index (κ2) is 10.3. The van der Waals surface area contributed by atoms with E-state index < -0.39 is 0 Å². The summed E-state index contributed by atoms with van der Waals surface area (Å²) in [6.45, 7) is 11.4. The largest absolute Gasteiger partial charge is 0.206 e. The Morgan fingerprint density at radius 2 is 1.72 bits per heavy atom. The lowest BCUT2D eigenvalue weighted by atomic mass is 9.88. The van der Waals surface area contributed by atoms with Crippen molar-refractivity contribution in [1.82, 2.24) is 0 Å². The molecular weight excluding hydrogens is 372 g/mol. The van der Waals surface area contributed by atoms with Crippen LogP contribution in [0.1, 0.15) is 19.4 Å². The zero-order valence-corrected chi connectivity index (χ0v) is 17.5. The van der Waals surface area contributed by atoms with E-state index in [4.69, 9.17) is 23.5 Å². The number of thiophene rings is 1.